The number of rotatable bonds is 5. The summed E-state index contributed by atoms with van der Waals surface area (Å²) in [6, 6.07) is 15.5. The third kappa shape index (κ3) is 3.56. The third-order valence-corrected chi connectivity index (χ3v) is 2.99. The normalized spacial score (nSPS) is 12.2. The van der Waals surface area contributed by atoms with Gasteiger partial charge in [-0.05, 0) is 42.7 Å². The van der Waals surface area contributed by atoms with Crippen LogP contribution in [0.25, 0.3) is 0 Å². The van der Waals surface area contributed by atoms with Crippen LogP contribution in [-0.2, 0) is 6.42 Å². The van der Waals surface area contributed by atoms with E-state index in [9.17, 15) is 0 Å². The van der Waals surface area contributed by atoms with E-state index in [0.29, 0.717) is 6.42 Å². The number of aliphatic hydroxyl groups excluding tert-OH is 1. The molecular formula is C16H19NO2. The zero-order valence-corrected chi connectivity index (χ0v) is 11.0. The van der Waals surface area contributed by atoms with Gasteiger partial charge < -0.3 is 15.6 Å². The van der Waals surface area contributed by atoms with Crippen molar-refractivity contribution in [3.8, 4) is 11.5 Å². The quantitative estimate of drug-likeness (QED) is 0.865. The summed E-state index contributed by atoms with van der Waals surface area (Å²) in [6.07, 6.45) is 0.591. The van der Waals surface area contributed by atoms with E-state index in [2.05, 4.69) is 0 Å². The van der Waals surface area contributed by atoms with Gasteiger partial charge in [0, 0.05) is 12.6 Å². The molecule has 0 aliphatic carbocycles. The Labute approximate surface area is 113 Å². The molecule has 3 heteroatoms. The van der Waals surface area contributed by atoms with Crippen LogP contribution < -0.4 is 10.5 Å². The Morgan fingerprint density at radius 1 is 1.11 bits per heavy atom. The molecule has 100 valence electrons. The van der Waals surface area contributed by atoms with Crippen molar-refractivity contribution in [2.75, 3.05) is 6.61 Å². The summed E-state index contributed by atoms with van der Waals surface area (Å²) in [5.74, 6) is 1.56. The molecule has 0 radical (unpaired) electrons. The van der Waals surface area contributed by atoms with Gasteiger partial charge in [0.15, 0.2) is 0 Å². The van der Waals surface area contributed by atoms with Crippen LogP contribution >= 0.6 is 0 Å². The summed E-state index contributed by atoms with van der Waals surface area (Å²) in [5, 5.41) is 9.04. The molecule has 0 heterocycles. The minimum Gasteiger partial charge on any atom is -0.457 e. The van der Waals surface area contributed by atoms with Crippen molar-refractivity contribution in [2.45, 2.75) is 19.4 Å². The molecule has 2 aromatic carbocycles. The molecule has 0 bridgehead atoms. The second kappa shape index (κ2) is 6.36. The lowest BCUT2D eigenvalue weighted by atomic mass is 10.1. The highest BCUT2D eigenvalue weighted by atomic mass is 16.5. The van der Waals surface area contributed by atoms with Crippen molar-refractivity contribution in [3.63, 3.8) is 0 Å². The van der Waals surface area contributed by atoms with Crippen molar-refractivity contribution in [2.24, 2.45) is 5.73 Å². The molecule has 0 spiro atoms. The Morgan fingerprint density at radius 2 is 1.79 bits per heavy atom. The number of para-hydroxylation sites is 1. The Bertz CT molecular complexity index is 521. The average molecular weight is 257 g/mol. The molecule has 0 saturated carbocycles. The highest BCUT2D eigenvalue weighted by Crippen LogP contribution is 2.26. The van der Waals surface area contributed by atoms with Gasteiger partial charge in [-0.25, -0.2) is 0 Å². The molecule has 3 N–H and O–H groups in total. The van der Waals surface area contributed by atoms with E-state index in [4.69, 9.17) is 15.6 Å². The van der Waals surface area contributed by atoms with E-state index < -0.39 is 0 Å². The van der Waals surface area contributed by atoms with E-state index in [-0.39, 0.29) is 12.6 Å². The van der Waals surface area contributed by atoms with Crippen molar-refractivity contribution < 1.29 is 9.84 Å². The topological polar surface area (TPSA) is 55.5 Å². The van der Waals surface area contributed by atoms with Gasteiger partial charge in [0.2, 0.25) is 0 Å². The van der Waals surface area contributed by atoms with Crippen molar-refractivity contribution in [1.82, 2.24) is 0 Å². The number of hydrogen-bond acceptors (Lipinski definition) is 3. The van der Waals surface area contributed by atoms with Gasteiger partial charge in [-0.15, -0.1) is 0 Å². The predicted octanol–water partition coefficient (Wildman–Crippen LogP) is 3.03. The lowest BCUT2D eigenvalue weighted by Crippen LogP contribution is -2.04. The molecule has 19 heavy (non-hydrogen) atoms. The molecule has 0 fully saturated rings. The molecule has 0 aliphatic rings. The molecule has 0 aromatic heterocycles. The third-order valence-electron chi connectivity index (χ3n) is 2.99. The molecule has 0 unspecified atom stereocenters. The molecular weight excluding hydrogens is 238 g/mol. The minimum absolute atomic E-state index is 0.0238. The number of benzene rings is 2. The SMILES string of the molecule is C[C@@H](N)c1ccc(Oc2ccccc2CCO)cc1. The smallest absolute Gasteiger partial charge is 0.130 e. The van der Waals surface area contributed by atoms with E-state index in [0.717, 1.165) is 22.6 Å². The molecule has 0 aliphatic heterocycles. The maximum Gasteiger partial charge on any atom is 0.130 e. The summed E-state index contributed by atoms with van der Waals surface area (Å²) in [6.45, 7) is 2.07. The van der Waals surface area contributed by atoms with Crippen LogP contribution in [0.4, 0.5) is 0 Å². The molecule has 0 saturated heterocycles. The number of hydrogen-bond donors (Lipinski definition) is 2. The van der Waals surface area contributed by atoms with Crippen LogP contribution in [0.1, 0.15) is 24.1 Å². The summed E-state index contributed by atoms with van der Waals surface area (Å²) in [4.78, 5) is 0. The summed E-state index contributed by atoms with van der Waals surface area (Å²) in [7, 11) is 0. The first-order valence-corrected chi connectivity index (χ1v) is 6.43. The number of aliphatic hydroxyl groups is 1. The van der Waals surface area contributed by atoms with Gasteiger partial charge in [0.05, 0.1) is 0 Å². The summed E-state index contributed by atoms with van der Waals surface area (Å²) < 4.78 is 5.84. The first-order chi connectivity index (χ1) is 9.20. The predicted molar refractivity (Wildman–Crippen MR) is 76.4 cm³/mol. The van der Waals surface area contributed by atoms with Gasteiger partial charge in [0.1, 0.15) is 11.5 Å². The first-order valence-electron chi connectivity index (χ1n) is 6.43. The van der Waals surface area contributed by atoms with Gasteiger partial charge in [-0.2, -0.15) is 0 Å². The zero-order valence-electron chi connectivity index (χ0n) is 11.0. The summed E-state index contributed by atoms with van der Waals surface area (Å²) in [5.41, 5.74) is 7.89. The van der Waals surface area contributed by atoms with Gasteiger partial charge in [-0.1, -0.05) is 30.3 Å². The van der Waals surface area contributed by atoms with Crippen LogP contribution in [0, 0.1) is 0 Å². The van der Waals surface area contributed by atoms with Crippen molar-refractivity contribution >= 4 is 0 Å². The largest absolute Gasteiger partial charge is 0.457 e. The minimum atomic E-state index is 0.0238. The maximum atomic E-state index is 9.04. The fourth-order valence-electron chi connectivity index (χ4n) is 1.90. The number of nitrogens with two attached hydrogens (primary N) is 1. The lowest BCUT2D eigenvalue weighted by Gasteiger charge is -2.11. The molecule has 2 aromatic rings. The standard InChI is InChI=1S/C16H19NO2/c1-12(17)13-6-8-15(9-7-13)19-16-5-3-2-4-14(16)10-11-18/h2-9,12,18H,10-11,17H2,1H3/t12-/m1/s1. The fraction of sp³-hybridized carbons (Fsp3) is 0.250. The van der Waals surface area contributed by atoms with E-state index in [1.807, 2.05) is 55.5 Å². The first kappa shape index (κ1) is 13.6. The van der Waals surface area contributed by atoms with E-state index >= 15 is 0 Å². The van der Waals surface area contributed by atoms with Crippen LogP contribution in [0.2, 0.25) is 0 Å². The van der Waals surface area contributed by atoms with Gasteiger partial charge in [0.25, 0.3) is 0 Å². The second-order valence-corrected chi connectivity index (χ2v) is 4.54. The van der Waals surface area contributed by atoms with Crippen LogP contribution in [-0.4, -0.2) is 11.7 Å². The number of ether oxygens (including phenoxy) is 1. The summed E-state index contributed by atoms with van der Waals surface area (Å²) >= 11 is 0. The Balaban J connectivity index is 2.16. The van der Waals surface area contributed by atoms with Crippen LogP contribution in [0.5, 0.6) is 11.5 Å². The molecule has 0 amide bonds. The van der Waals surface area contributed by atoms with Crippen molar-refractivity contribution in [3.05, 3.63) is 59.7 Å². The highest BCUT2D eigenvalue weighted by Gasteiger charge is 2.05. The molecule has 1 atom stereocenters. The Morgan fingerprint density at radius 3 is 2.42 bits per heavy atom. The van der Waals surface area contributed by atoms with E-state index in [1.165, 1.54) is 0 Å². The zero-order chi connectivity index (χ0) is 13.7. The lowest BCUT2D eigenvalue weighted by molar-refractivity contribution is 0.298. The Hall–Kier alpha value is -1.84. The van der Waals surface area contributed by atoms with Crippen LogP contribution in [0.3, 0.4) is 0 Å². The molecule has 2 rings (SSSR count). The van der Waals surface area contributed by atoms with Gasteiger partial charge >= 0.3 is 0 Å². The van der Waals surface area contributed by atoms with Crippen LogP contribution in [0.15, 0.2) is 48.5 Å². The maximum absolute atomic E-state index is 9.04. The second-order valence-electron chi connectivity index (χ2n) is 4.54. The van der Waals surface area contributed by atoms with Gasteiger partial charge in [-0.3, -0.25) is 0 Å². The van der Waals surface area contributed by atoms with Crippen molar-refractivity contribution in [1.29, 1.82) is 0 Å². The Kier molecular flexibility index (Phi) is 4.55. The van der Waals surface area contributed by atoms with E-state index in [1.54, 1.807) is 0 Å². The monoisotopic (exact) mass is 257 g/mol. The molecule has 3 nitrogen and oxygen atoms in total. The fourth-order valence-corrected chi connectivity index (χ4v) is 1.90. The average Bonchev–Trinajstić information content (AvgIpc) is 2.42. The highest BCUT2D eigenvalue weighted by molar-refractivity contribution is 5.39.